The van der Waals surface area contributed by atoms with Gasteiger partial charge in [-0.2, -0.15) is 5.26 Å². The van der Waals surface area contributed by atoms with E-state index in [0.717, 1.165) is 30.5 Å². The molecule has 0 bridgehead atoms. The van der Waals surface area contributed by atoms with Gasteiger partial charge in [-0.05, 0) is 25.0 Å². The molecule has 1 saturated heterocycles. The number of nitrogen functional groups attached to an aromatic ring is 1. The van der Waals surface area contributed by atoms with Crippen LogP contribution >= 0.6 is 0 Å². The van der Waals surface area contributed by atoms with Crippen LogP contribution in [0.4, 0.5) is 5.82 Å². The molecule has 1 aliphatic heterocycles. The molecule has 0 saturated carbocycles. The van der Waals surface area contributed by atoms with E-state index in [4.69, 9.17) is 10.5 Å². The number of ether oxygens (including phenoxy) is 1. The monoisotopic (exact) mass is 293 g/mol. The molecule has 0 radical (unpaired) electrons. The van der Waals surface area contributed by atoms with Crippen LogP contribution in [-0.4, -0.2) is 27.2 Å². The molecule has 0 unspecified atom stereocenters. The molecule has 1 atom stereocenters. The van der Waals surface area contributed by atoms with Crippen LogP contribution in [0.3, 0.4) is 0 Å². The number of hydrogen-bond donors (Lipinski definition) is 1. The van der Waals surface area contributed by atoms with E-state index in [1.807, 2.05) is 28.8 Å². The van der Waals surface area contributed by atoms with Gasteiger partial charge < -0.3 is 15.0 Å². The molecule has 3 heterocycles. The van der Waals surface area contributed by atoms with Crippen molar-refractivity contribution in [2.45, 2.75) is 25.5 Å². The molecule has 1 fully saturated rings. The van der Waals surface area contributed by atoms with E-state index in [2.05, 4.69) is 16.0 Å². The highest BCUT2D eigenvalue weighted by molar-refractivity contribution is 5.92. The Morgan fingerprint density at radius 3 is 2.77 bits per heavy atom. The molecule has 4 rings (SSSR count). The smallest absolute Gasteiger partial charge is 0.162 e. The van der Waals surface area contributed by atoms with Gasteiger partial charge in [0.2, 0.25) is 0 Å². The third-order valence-electron chi connectivity index (χ3n) is 4.11. The molecule has 0 amide bonds. The van der Waals surface area contributed by atoms with E-state index in [1.54, 1.807) is 0 Å². The van der Waals surface area contributed by atoms with E-state index in [1.165, 1.54) is 0 Å². The summed E-state index contributed by atoms with van der Waals surface area (Å²) in [7, 11) is 0. The average molecular weight is 293 g/mol. The van der Waals surface area contributed by atoms with E-state index in [9.17, 15) is 5.26 Å². The van der Waals surface area contributed by atoms with E-state index in [0.29, 0.717) is 29.1 Å². The predicted octanol–water partition coefficient (Wildman–Crippen LogP) is 2.22. The minimum absolute atomic E-state index is 0.123. The molecule has 0 spiro atoms. The van der Waals surface area contributed by atoms with Crippen LogP contribution < -0.4 is 5.73 Å². The summed E-state index contributed by atoms with van der Waals surface area (Å²) < 4.78 is 7.55. The summed E-state index contributed by atoms with van der Waals surface area (Å²) in [5.74, 6) is 0.420. The SMILES string of the molecule is N#Cc1c(N)n(C[C@H]2CCCO2)c2nc3ccccc3nc12. The maximum Gasteiger partial charge on any atom is 0.162 e. The maximum absolute atomic E-state index is 9.42. The van der Waals surface area contributed by atoms with Crippen LogP contribution in [0.15, 0.2) is 24.3 Å². The Morgan fingerprint density at radius 2 is 2.09 bits per heavy atom. The lowest BCUT2D eigenvalue weighted by atomic mass is 10.2. The third-order valence-corrected chi connectivity index (χ3v) is 4.11. The Kier molecular flexibility index (Phi) is 2.94. The number of para-hydroxylation sites is 2. The zero-order chi connectivity index (χ0) is 15.1. The summed E-state index contributed by atoms with van der Waals surface area (Å²) in [5, 5.41) is 9.42. The first kappa shape index (κ1) is 13.0. The van der Waals surface area contributed by atoms with Crippen LogP contribution in [0.1, 0.15) is 18.4 Å². The normalized spacial score (nSPS) is 18.0. The molecular formula is C16H15N5O. The lowest BCUT2D eigenvalue weighted by Crippen LogP contribution is -2.16. The van der Waals surface area contributed by atoms with E-state index < -0.39 is 0 Å². The Labute approximate surface area is 127 Å². The van der Waals surface area contributed by atoms with Gasteiger partial charge in [0.15, 0.2) is 5.65 Å². The first-order chi connectivity index (χ1) is 10.8. The number of nitrogens with two attached hydrogens (primary N) is 1. The van der Waals surface area contributed by atoms with Gasteiger partial charge in [-0.15, -0.1) is 0 Å². The standard InChI is InChI=1S/C16H15N5O/c17-8-11-14-16(20-13-6-2-1-5-12(13)19-14)21(15(11)18)9-10-4-3-7-22-10/h1-2,5-6,10H,3-4,7,9,18H2/t10-/m1/s1. The quantitative estimate of drug-likeness (QED) is 0.782. The molecule has 110 valence electrons. The Morgan fingerprint density at radius 1 is 1.32 bits per heavy atom. The minimum Gasteiger partial charge on any atom is -0.384 e. The predicted molar refractivity (Wildman–Crippen MR) is 83.1 cm³/mol. The van der Waals surface area contributed by atoms with Crippen molar-refractivity contribution >= 4 is 28.0 Å². The molecule has 2 aromatic heterocycles. The Hall–Kier alpha value is -2.65. The summed E-state index contributed by atoms with van der Waals surface area (Å²) in [5.41, 5.74) is 9.35. The Balaban J connectivity index is 1.96. The molecule has 2 N–H and O–H groups in total. The summed E-state index contributed by atoms with van der Waals surface area (Å²) >= 11 is 0. The van der Waals surface area contributed by atoms with Crippen molar-refractivity contribution in [1.82, 2.24) is 14.5 Å². The fraction of sp³-hybridized carbons (Fsp3) is 0.312. The van der Waals surface area contributed by atoms with E-state index >= 15 is 0 Å². The zero-order valence-electron chi connectivity index (χ0n) is 12.0. The van der Waals surface area contributed by atoms with E-state index in [-0.39, 0.29) is 6.10 Å². The molecular weight excluding hydrogens is 278 g/mol. The topological polar surface area (TPSA) is 89.8 Å². The Bertz CT molecular complexity index is 902. The zero-order valence-corrected chi connectivity index (χ0v) is 12.0. The van der Waals surface area contributed by atoms with Crippen LogP contribution in [0, 0.1) is 11.3 Å². The second-order valence-electron chi connectivity index (χ2n) is 5.50. The molecule has 6 heteroatoms. The first-order valence-electron chi connectivity index (χ1n) is 7.34. The first-order valence-corrected chi connectivity index (χ1v) is 7.34. The van der Waals surface area contributed by atoms with Gasteiger partial charge in [0, 0.05) is 6.61 Å². The fourth-order valence-corrected chi connectivity index (χ4v) is 3.00. The van der Waals surface area contributed by atoms with Gasteiger partial charge in [0.05, 0.1) is 23.7 Å². The van der Waals surface area contributed by atoms with Crippen molar-refractivity contribution in [1.29, 1.82) is 5.26 Å². The van der Waals surface area contributed by atoms with Crippen molar-refractivity contribution in [3.63, 3.8) is 0 Å². The second-order valence-corrected chi connectivity index (χ2v) is 5.50. The van der Waals surface area contributed by atoms with Crippen molar-refractivity contribution in [2.24, 2.45) is 0 Å². The number of fused-ring (bicyclic) bond motifs is 2. The van der Waals surface area contributed by atoms with Gasteiger partial charge in [-0.25, -0.2) is 9.97 Å². The number of benzene rings is 1. The van der Waals surface area contributed by atoms with Gasteiger partial charge in [-0.1, -0.05) is 12.1 Å². The van der Waals surface area contributed by atoms with Gasteiger partial charge in [0.25, 0.3) is 0 Å². The number of nitriles is 1. The molecule has 22 heavy (non-hydrogen) atoms. The fourth-order valence-electron chi connectivity index (χ4n) is 3.00. The van der Waals surface area contributed by atoms with Crippen LogP contribution in [-0.2, 0) is 11.3 Å². The average Bonchev–Trinajstić information content (AvgIpc) is 3.13. The molecule has 6 nitrogen and oxygen atoms in total. The minimum atomic E-state index is 0.123. The van der Waals surface area contributed by atoms with Crippen molar-refractivity contribution < 1.29 is 4.74 Å². The number of aromatic nitrogens is 3. The lowest BCUT2D eigenvalue weighted by Gasteiger charge is -2.12. The molecule has 1 aliphatic rings. The summed E-state index contributed by atoms with van der Waals surface area (Å²) in [6.45, 7) is 1.39. The highest BCUT2D eigenvalue weighted by Crippen LogP contribution is 2.28. The lowest BCUT2D eigenvalue weighted by molar-refractivity contribution is 0.0983. The third kappa shape index (κ3) is 1.90. The highest BCUT2D eigenvalue weighted by atomic mass is 16.5. The number of hydrogen-bond acceptors (Lipinski definition) is 5. The molecule has 0 aliphatic carbocycles. The second kappa shape index (κ2) is 4.97. The van der Waals surface area contributed by atoms with Crippen LogP contribution in [0.5, 0.6) is 0 Å². The molecule has 3 aromatic rings. The number of nitrogens with zero attached hydrogens (tertiary/aromatic N) is 4. The van der Waals surface area contributed by atoms with Gasteiger partial charge in [-0.3, -0.25) is 0 Å². The van der Waals surface area contributed by atoms with Gasteiger partial charge >= 0.3 is 0 Å². The van der Waals surface area contributed by atoms with Gasteiger partial charge in [0.1, 0.15) is 23.0 Å². The van der Waals surface area contributed by atoms with Crippen molar-refractivity contribution in [3.05, 3.63) is 29.8 Å². The number of anilines is 1. The summed E-state index contributed by atoms with van der Waals surface area (Å²) in [6.07, 6.45) is 2.18. The van der Waals surface area contributed by atoms with Crippen molar-refractivity contribution in [3.8, 4) is 6.07 Å². The molecule has 1 aromatic carbocycles. The maximum atomic E-state index is 9.42. The summed E-state index contributed by atoms with van der Waals surface area (Å²) in [4.78, 5) is 9.24. The van der Waals surface area contributed by atoms with Crippen LogP contribution in [0.2, 0.25) is 0 Å². The van der Waals surface area contributed by atoms with Crippen LogP contribution in [0.25, 0.3) is 22.2 Å². The highest BCUT2D eigenvalue weighted by Gasteiger charge is 2.23. The number of rotatable bonds is 2. The largest absolute Gasteiger partial charge is 0.384 e. The summed E-state index contributed by atoms with van der Waals surface area (Å²) in [6, 6.07) is 9.78. The van der Waals surface area contributed by atoms with Crippen molar-refractivity contribution in [2.75, 3.05) is 12.3 Å².